The summed E-state index contributed by atoms with van der Waals surface area (Å²) < 4.78 is 22.2. The van der Waals surface area contributed by atoms with Crippen LogP contribution in [-0.4, -0.2) is 31.8 Å². The van der Waals surface area contributed by atoms with Crippen LogP contribution in [-0.2, 0) is 4.74 Å². The van der Waals surface area contributed by atoms with E-state index in [0.717, 1.165) is 11.8 Å². The van der Waals surface area contributed by atoms with Crippen molar-refractivity contribution in [2.24, 2.45) is 5.92 Å². The summed E-state index contributed by atoms with van der Waals surface area (Å²) in [6.07, 6.45) is 2.46. The van der Waals surface area contributed by atoms with Crippen molar-refractivity contribution < 1.29 is 23.7 Å². The molecule has 0 unspecified atom stereocenters. The summed E-state index contributed by atoms with van der Waals surface area (Å²) in [4.78, 5) is 16.9. The van der Waals surface area contributed by atoms with Crippen LogP contribution in [0.5, 0.6) is 23.0 Å². The molecule has 0 aliphatic rings. The van der Waals surface area contributed by atoms with Gasteiger partial charge in [0.05, 0.1) is 26.3 Å². The van der Waals surface area contributed by atoms with Crippen molar-refractivity contribution in [3.05, 3.63) is 54.2 Å². The molecule has 0 aliphatic heterocycles. The van der Waals surface area contributed by atoms with Gasteiger partial charge in [-0.25, -0.2) is 4.79 Å². The minimum Gasteiger partial charge on any atom is -0.493 e. The molecule has 0 aliphatic carbocycles. The number of carbonyl (C=O) groups is 1. The largest absolute Gasteiger partial charge is 0.493 e. The first-order chi connectivity index (χ1) is 14.0. The molecule has 29 heavy (non-hydrogen) atoms. The minimum atomic E-state index is -0.404. The van der Waals surface area contributed by atoms with E-state index in [9.17, 15) is 4.79 Å². The lowest BCUT2D eigenvalue weighted by atomic mass is 10.1. The number of methoxy groups -OCH3 is 2. The van der Waals surface area contributed by atoms with E-state index >= 15 is 0 Å². The number of hydrogen-bond donors (Lipinski definition) is 0. The van der Waals surface area contributed by atoms with Gasteiger partial charge < -0.3 is 18.9 Å². The summed E-state index contributed by atoms with van der Waals surface area (Å²) in [5.74, 6) is 2.18. The summed E-state index contributed by atoms with van der Waals surface area (Å²) >= 11 is 0. The number of pyridine rings is 1. The highest BCUT2D eigenvalue weighted by Gasteiger charge is 2.17. The second-order valence-electron chi connectivity index (χ2n) is 6.95. The lowest BCUT2D eigenvalue weighted by Crippen LogP contribution is -2.09. The van der Waals surface area contributed by atoms with E-state index in [0.29, 0.717) is 46.6 Å². The Morgan fingerprint density at radius 3 is 2.41 bits per heavy atom. The number of nitrogens with zero attached hydrogens (tertiary/aromatic N) is 1. The molecular formula is C23H25NO5. The molecule has 0 spiro atoms. The van der Waals surface area contributed by atoms with E-state index < -0.39 is 5.97 Å². The smallest absolute Gasteiger partial charge is 0.341 e. The number of esters is 1. The van der Waals surface area contributed by atoms with E-state index in [4.69, 9.17) is 18.9 Å². The van der Waals surface area contributed by atoms with Gasteiger partial charge in [0, 0.05) is 17.6 Å². The van der Waals surface area contributed by atoms with E-state index in [1.54, 1.807) is 56.8 Å². The zero-order chi connectivity index (χ0) is 20.8. The summed E-state index contributed by atoms with van der Waals surface area (Å²) in [6, 6.07) is 12.4. The number of fused-ring (bicyclic) bond motifs is 1. The molecular weight excluding hydrogens is 370 g/mol. The lowest BCUT2D eigenvalue weighted by Gasteiger charge is -2.14. The maximum atomic E-state index is 12.5. The number of hydrogen-bond acceptors (Lipinski definition) is 6. The highest BCUT2D eigenvalue weighted by Crippen LogP contribution is 2.37. The minimum absolute atomic E-state index is 0.375. The quantitative estimate of drug-likeness (QED) is 0.486. The molecule has 0 saturated carbocycles. The van der Waals surface area contributed by atoms with Gasteiger partial charge >= 0.3 is 5.97 Å². The predicted molar refractivity (Wildman–Crippen MR) is 111 cm³/mol. The van der Waals surface area contributed by atoms with E-state index in [1.165, 1.54) is 0 Å². The highest BCUT2D eigenvalue weighted by molar-refractivity contribution is 5.93. The molecule has 0 radical (unpaired) electrons. The van der Waals surface area contributed by atoms with Crippen LogP contribution in [0.3, 0.4) is 0 Å². The van der Waals surface area contributed by atoms with E-state index in [-0.39, 0.29) is 0 Å². The van der Waals surface area contributed by atoms with Gasteiger partial charge in [0.15, 0.2) is 11.5 Å². The summed E-state index contributed by atoms with van der Waals surface area (Å²) in [5.41, 5.74) is 1.07. The fourth-order valence-electron chi connectivity index (χ4n) is 2.84. The number of aromatic nitrogens is 1. The van der Waals surface area contributed by atoms with Crippen LogP contribution < -0.4 is 14.2 Å². The SMILES string of the molecule is COc1cc2nccc(Oc3ccccc3C(=O)OCCC(C)C)c2cc1OC. The standard InChI is InChI=1S/C23H25NO5/c1-15(2)10-12-28-23(25)16-7-5-6-8-19(16)29-20-9-11-24-18-14-22(27-4)21(26-3)13-17(18)20/h5-9,11,13-15H,10,12H2,1-4H3. The Morgan fingerprint density at radius 1 is 0.966 bits per heavy atom. The number of ether oxygens (including phenoxy) is 4. The molecule has 3 aromatic rings. The third-order valence-corrected chi connectivity index (χ3v) is 4.46. The zero-order valence-corrected chi connectivity index (χ0v) is 17.1. The van der Waals surface area contributed by atoms with Crippen molar-refractivity contribution in [2.75, 3.05) is 20.8 Å². The first-order valence-corrected chi connectivity index (χ1v) is 9.48. The molecule has 1 aromatic heterocycles. The second kappa shape index (κ2) is 9.28. The van der Waals surface area contributed by atoms with Gasteiger partial charge in [0.1, 0.15) is 17.1 Å². The summed E-state index contributed by atoms with van der Waals surface area (Å²) in [7, 11) is 3.15. The molecule has 0 N–H and O–H groups in total. The monoisotopic (exact) mass is 395 g/mol. The van der Waals surface area contributed by atoms with Crippen LogP contribution >= 0.6 is 0 Å². The Kier molecular flexibility index (Phi) is 6.54. The molecule has 0 amide bonds. The Balaban J connectivity index is 1.92. The topological polar surface area (TPSA) is 66.9 Å². The van der Waals surface area contributed by atoms with Gasteiger partial charge in [-0.1, -0.05) is 26.0 Å². The van der Waals surface area contributed by atoms with Crippen LogP contribution in [0.4, 0.5) is 0 Å². The average Bonchev–Trinajstić information content (AvgIpc) is 2.73. The summed E-state index contributed by atoms with van der Waals surface area (Å²) in [5, 5.41) is 0.744. The fourth-order valence-corrected chi connectivity index (χ4v) is 2.84. The van der Waals surface area contributed by atoms with Crippen molar-refractivity contribution in [1.82, 2.24) is 4.98 Å². The Hall–Kier alpha value is -3.28. The van der Waals surface area contributed by atoms with Gasteiger partial charge in [-0.3, -0.25) is 4.98 Å². The van der Waals surface area contributed by atoms with Crippen molar-refractivity contribution in [1.29, 1.82) is 0 Å². The predicted octanol–water partition coefficient (Wildman–Crippen LogP) is 5.25. The molecule has 1 heterocycles. The molecule has 6 heteroatoms. The Labute approximate surface area is 170 Å². The van der Waals surface area contributed by atoms with Crippen LogP contribution in [0.1, 0.15) is 30.6 Å². The molecule has 6 nitrogen and oxygen atoms in total. The fraction of sp³-hybridized carbons (Fsp3) is 0.304. The van der Waals surface area contributed by atoms with Crippen LogP contribution in [0.15, 0.2) is 48.7 Å². The number of benzene rings is 2. The van der Waals surface area contributed by atoms with Gasteiger partial charge in [-0.05, 0) is 36.6 Å². The maximum absolute atomic E-state index is 12.5. The van der Waals surface area contributed by atoms with Crippen molar-refractivity contribution >= 4 is 16.9 Å². The van der Waals surface area contributed by atoms with Gasteiger partial charge in [0.2, 0.25) is 0 Å². The van der Waals surface area contributed by atoms with Crippen LogP contribution in [0.25, 0.3) is 10.9 Å². The summed E-state index contributed by atoms with van der Waals surface area (Å²) in [6.45, 7) is 4.55. The molecule has 2 aromatic carbocycles. The highest BCUT2D eigenvalue weighted by atomic mass is 16.5. The Morgan fingerprint density at radius 2 is 1.69 bits per heavy atom. The normalized spacial score (nSPS) is 10.8. The molecule has 0 saturated heterocycles. The van der Waals surface area contributed by atoms with Crippen LogP contribution in [0, 0.1) is 5.92 Å². The number of carbonyl (C=O) groups excluding carboxylic acids is 1. The third-order valence-electron chi connectivity index (χ3n) is 4.46. The van der Waals surface area contributed by atoms with Gasteiger partial charge in [-0.2, -0.15) is 0 Å². The second-order valence-corrected chi connectivity index (χ2v) is 6.95. The van der Waals surface area contributed by atoms with Gasteiger partial charge in [-0.15, -0.1) is 0 Å². The van der Waals surface area contributed by atoms with Crippen molar-refractivity contribution in [3.8, 4) is 23.0 Å². The maximum Gasteiger partial charge on any atom is 0.341 e. The first kappa shape index (κ1) is 20.5. The molecule has 152 valence electrons. The molecule has 0 bridgehead atoms. The van der Waals surface area contributed by atoms with Crippen molar-refractivity contribution in [2.45, 2.75) is 20.3 Å². The number of para-hydroxylation sites is 1. The first-order valence-electron chi connectivity index (χ1n) is 9.48. The molecule has 0 atom stereocenters. The van der Waals surface area contributed by atoms with Crippen molar-refractivity contribution in [3.63, 3.8) is 0 Å². The molecule has 3 rings (SSSR count). The number of rotatable bonds is 8. The third kappa shape index (κ3) is 4.77. The zero-order valence-electron chi connectivity index (χ0n) is 17.1. The Bertz CT molecular complexity index is 1000. The lowest BCUT2D eigenvalue weighted by molar-refractivity contribution is 0.0485. The van der Waals surface area contributed by atoms with E-state index in [2.05, 4.69) is 18.8 Å². The average molecular weight is 395 g/mol. The molecule has 0 fully saturated rings. The van der Waals surface area contributed by atoms with Crippen LogP contribution in [0.2, 0.25) is 0 Å². The van der Waals surface area contributed by atoms with E-state index in [1.807, 2.05) is 6.07 Å². The van der Waals surface area contributed by atoms with Gasteiger partial charge in [0.25, 0.3) is 0 Å².